The predicted molar refractivity (Wildman–Crippen MR) is 125 cm³/mol. The number of ether oxygens (including phenoxy) is 1. The normalized spacial score (nSPS) is 10.2. The van der Waals surface area contributed by atoms with Crippen molar-refractivity contribution in [3.63, 3.8) is 0 Å². The summed E-state index contributed by atoms with van der Waals surface area (Å²) in [4.78, 5) is 47.7. The van der Waals surface area contributed by atoms with Gasteiger partial charge in [0.1, 0.15) is 0 Å². The Morgan fingerprint density at radius 3 is 2.48 bits per heavy atom. The summed E-state index contributed by atoms with van der Waals surface area (Å²) in [6.07, 6.45) is 0. The molecule has 0 aliphatic rings. The molecule has 0 aliphatic carbocycles. The first-order chi connectivity index (χ1) is 15.9. The molecule has 2 N–H and O–H groups in total. The molecule has 0 atom stereocenters. The minimum Gasteiger partial charge on any atom is -0.465 e. The molecule has 3 aromatic carbocycles. The average molecular weight is 465 g/mol. The number of methoxy groups -OCH3 is 1. The molecule has 0 aliphatic heterocycles. The highest BCUT2D eigenvalue weighted by molar-refractivity contribution is 8.00. The second-order valence-corrected chi connectivity index (χ2v) is 7.71. The number of carbonyl (C=O) groups is 3. The van der Waals surface area contributed by atoms with Gasteiger partial charge in [0.05, 0.1) is 29.0 Å². The standard InChI is InChI=1S/C23H19N3O6S/c1-32-23(29)19-10-2-3-11-20(19)25-21(27)14-33-18-9-5-7-16(13-18)24-22(28)15-6-4-8-17(12-15)26(30)31/h2-13H,14H2,1H3,(H,24,28)(H,25,27). The number of rotatable bonds is 8. The molecule has 10 heteroatoms. The Hall–Kier alpha value is -4.18. The molecule has 0 aromatic heterocycles. The SMILES string of the molecule is COC(=O)c1ccccc1NC(=O)CSc1cccc(NC(=O)c2cccc([N+](=O)[O-])c2)c1. The summed E-state index contributed by atoms with van der Waals surface area (Å²) in [5.41, 5.74) is 1.07. The molecular weight excluding hydrogens is 446 g/mol. The number of amides is 2. The lowest BCUT2D eigenvalue weighted by molar-refractivity contribution is -0.384. The molecule has 2 amide bonds. The maximum atomic E-state index is 12.4. The van der Waals surface area contributed by atoms with Crippen molar-refractivity contribution < 1.29 is 24.0 Å². The molecule has 0 unspecified atom stereocenters. The molecule has 0 saturated carbocycles. The van der Waals surface area contributed by atoms with E-state index in [9.17, 15) is 24.5 Å². The Labute approximate surface area is 193 Å². The molecule has 3 rings (SSSR count). The quantitative estimate of drug-likeness (QED) is 0.219. The van der Waals surface area contributed by atoms with Crippen molar-refractivity contribution in [3.8, 4) is 0 Å². The number of esters is 1. The fourth-order valence-corrected chi connectivity index (χ4v) is 3.60. The Morgan fingerprint density at radius 1 is 0.970 bits per heavy atom. The van der Waals surface area contributed by atoms with Gasteiger partial charge in [0.25, 0.3) is 11.6 Å². The molecule has 0 bridgehead atoms. The van der Waals surface area contributed by atoms with Gasteiger partial charge in [-0.1, -0.05) is 24.3 Å². The van der Waals surface area contributed by atoms with Crippen LogP contribution in [0.15, 0.2) is 77.7 Å². The summed E-state index contributed by atoms with van der Waals surface area (Å²) in [5, 5.41) is 16.3. The van der Waals surface area contributed by atoms with E-state index in [2.05, 4.69) is 10.6 Å². The van der Waals surface area contributed by atoms with E-state index in [1.807, 2.05) is 0 Å². The maximum Gasteiger partial charge on any atom is 0.339 e. The van der Waals surface area contributed by atoms with E-state index in [0.717, 1.165) is 4.90 Å². The Morgan fingerprint density at radius 2 is 1.73 bits per heavy atom. The Bertz CT molecular complexity index is 1210. The summed E-state index contributed by atoms with van der Waals surface area (Å²) < 4.78 is 4.72. The van der Waals surface area contributed by atoms with Gasteiger partial charge < -0.3 is 15.4 Å². The first-order valence-corrected chi connectivity index (χ1v) is 10.6. The molecule has 0 radical (unpaired) electrons. The molecule has 0 fully saturated rings. The number of hydrogen-bond acceptors (Lipinski definition) is 7. The largest absolute Gasteiger partial charge is 0.465 e. The Balaban J connectivity index is 1.61. The summed E-state index contributed by atoms with van der Waals surface area (Å²) in [6.45, 7) is 0. The number of anilines is 2. The zero-order chi connectivity index (χ0) is 23.8. The third-order valence-electron chi connectivity index (χ3n) is 4.39. The van der Waals surface area contributed by atoms with Crippen LogP contribution in [-0.2, 0) is 9.53 Å². The van der Waals surface area contributed by atoms with E-state index >= 15 is 0 Å². The van der Waals surface area contributed by atoms with Crippen molar-refractivity contribution in [2.24, 2.45) is 0 Å². The number of hydrogen-bond donors (Lipinski definition) is 2. The molecule has 168 valence electrons. The van der Waals surface area contributed by atoms with E-state index in [0.29, 0.717) is 11.4 Å². The lowest BCUT2D eigenvalue weighted by atomic mass is 10.2. The smallest absolute Gasteiger partial charge is 0.339 e. The number of nitro benzene ring substituents is 1. The van der Waals surface area contributed by atoms with Crippen LogP contribution in [0.25, 0.3) is 0 Å². The number of carbonyl (C=O) groups excluding carboxylic acids is 3. The monoisotopic (exact) mass is 465 g/mol. The first-order valence-electron chi connectivity index (χ1n) is 9.63. The number of benzene rings is 3. The first kappa shape index (κ1) is 23.5. The van der Waals surface area contributed by atoms with Crippen LogP contribution in [-0.4, -0.2) is 35.6 Å². The second kappa shape index (κ2) is 10.9. The number of non-ortho nitro benzene ring substituents is 1. The molecule has 0 saturated heterocycles. The molecule has 33 heavy (non-hydrogen) atoms. The highest BCUT2D eigenvalue weighted by atomic mass is 32.2. The van der Waals surface area contributed by atoms with Crippen molar-refractivity contribution in [2.45, 2.75) is 4.90 Å². The summed E-state index contributed by atoms with van der Waals surface area (Å²) >= 11 is 1.24. The number of nitrogens with one attached hydrogen (secondary N) is 2. The molecule has 0 heterocycles. The molecule has 3 aromatic rings. The van der Waals surface area contributed by atoms with Crippen molar-refractivity contribution in [3.05, 3.63) is 94.0 Å². The van der Waals surface area contributed by atoms with E-state index in [1.165, 1.54) is 43.1 Å². The minimum atomic E-state index is -0.567. The van der Waals surface area contributed by atoms with Crippen LogP contribution >= 0.6 is 11.8 Å². The van der Waals surface area contributed by atoms with Gasteiger partial charge in [0, 0.05) is 28.3 Å². The summed E-state index contributed by atoms with van der Waals surface area (Å²) in [5.74, 6) is -1.29. The molecule has 9 nitrogen and oxygen atoms in total. The maximum absolute atomic E-state index is 12.4. The van der Waals surface area contributed by atoms with Crippen molar-refractivity contribution >= 4 is 46.6 Å². The number of nitrogens with zero attached hydrogens (tertiary/aromatic N) is 1. The van der Waals surface area contributed by atoms with Gasteiger partial charge in [-0.3, -0.25) is 19.7 Å². The number of nitro groups is 1. The second-order valence-electron chi connectivity index (χ2n) is 6.66. The fraction of sp³-hybridized carbons (Fsp3) is 0.0870. The topological polar surface area (TPSA) is 128 Å². The van der Waals surface area contributed by atoms with Crippen molar-refractivity contribution in [1.29, 1.82) is 0 Å². The highest BCUT2D eigenvalue weighted by Gasteiger charge is 2.14. The van der Waals surface area contributed by atoms with Crippen LogP contribution in [0, 0.1) is 10.1 Å². The van der Waals surface area contributed by atoms with Crippen LogP contribution in [0.2, 0.25) is 0 Å². The zero-order valence-electron chi connectivity index (χ0n) is 17.4. The summed E-state index contributed by atoms with van der Waals surface area (Å²) in [6, 6.07) is 18.8. The van der Waals surface area contributed by atoms with Gasteiger partial charge in [-0.15, -0.1) is 11.8 Å². The van der Waals surface area contributed by atoms with Crippen LogP contribution in [0.3, 0.4) is 0 Å². The van der Waals surface area contributed by atoms with E-state index in [-0.39, 0.29) is 28.5 Å². The van der Waals surface area contributed by atoms with Crippen molar-refractivity contribution in [1.82, 2.24) is 0 Å². The average Bonchev–Trinajstić information content (AvgIpc) is 2.83. The van der Waals surface area contributed by atoms with Crippen LogP contribution in [0.4, 0.5) is 17.1 Å². The number of thioether (sulfide) groups is 1. The molecule has 0 spiro atoms. The van der Waals surface area contributed by atoms with Gasteiger partial charge in [-0.2, -0.15) is 0 Å². The van der Waals surface area contributed by atoms with Crippen molar-refractivity contribution in [2.75, 3.05) is 23.5 Å². The van der Waals surface area contributed by atoms with Crippen LogP contribution in [0.5, 0.6) is 0 Å². The fourth-order valence-electron chi connectivity index (χ4n) is 2.84. The molecular formula is C23H19N3O6S. The summed E-state index contributed by atoms with van der Waals surface area (Å²) in [7, 11) is 1.27. The van der Waals surface area contributed by atoms with Gasteiger partial charge in [0.15, 0.2) is 0 Å². The Kier molecular flexibility index (Phi) is 7.77. The van der Waals surface area contributed by atoms with Gasteiger partial charge >= 0.3 is 5.97 Å². The van der Waals surface area contributed by atoms with E-state index in [1.54, 1.807) is 48.5 Å². The minimum absolute atomic E-state index is 0.0672. The predicted octanol–water partition coefficient (Wildman–Crippen LogP) is 4.36. The van der Waals surface area contributed by atoms with Crippen LogP contribution < -0.4 is 10.6 Å². The van der Waals surface area contributed by atoms with E-state index in [4.69, 9.17) is 4.74 Å². The third kappa shape index (κ3) is 6.40. The van der Waals surface area contributed by atoms with Gasteiger partial charge in [0.2, 0.25) is 5.91 Å². The zero-order valence-corrected chi connectivity index (χ0v) is 18.3. The third-order valence-corrected chi connectivity index (χ3v) is 5.38. The highest BCUT2D eigenvalue weighted by Crippen LogP contribution is 2.23. The van der Waals surface area contributed by atoms with Gasteiger partial charge in [-0.05, 0) is 36.4 Å². The number of para-hydroxylation sites is 1. The van der Waals surface area contributed by atoms with Gasteiger partial charge in [-0.25, -0.2) is 4.79 Å². The van der Waals surface area contributed by atoms with Crippen LogP contribution in [0.1, 0.15) is 20.7 Å². The lowest BCUT2D eigenvalue weighted by Crippen LogP contribution is -2.17. The lowest BCUT2D eigenvalue weighted by Gasteiger charge is -2.10. The van der Waals surface area contributed by atoms with E-state index < -0.39 is 16.8 Å².